The molecule has 0 spiro atoms. The van der Waals surface area contributed by atoms with Crippen molar-refractivity contribution in [3.63, 3.8) is 0 Å². The van der Waals surface area contributed by atoms with Crippen molar-refractivity contribution in [1.29, 1.82) is 0 Å². The molecule has 0 aliphatic rings. The molecule has 2 N–H and O–H groups in total. The quantitative estimate of drug-likeness (QED) is 0.547. The van der Waals surface area contributed by atoms with E-state index in [0.717, 1.165) is 5.56 Å². The third-order valence-corrected chi connectivity index (χ3v) is 1.68. The van der Waals surface area contributed by atoms with Gasteiger partial charge in [0.25, 0.3) is 0 Å². The lowest BCUT2D eigenvalue weighted by Crippen LogP contribution is -2.31. The Morgan fingerprint density at radius 1 is 1.27 bits per heavy atom. The molecule has 1 unspecified atom stereocenters. The Balaban J connectivity index is 2.44. The van der Waals surface area contributed by atoms with E-state index in [2.05, 4.69) is 4.74 Å². The van der Waals surface area contributed by atoms with Gasteiger partial charge in [0.05, 0.1) is 0 Å². The van der Waals surface area contributed by atoms with Crippen LogP contribution >= 0.6 is 0 Å². The van der Waals surface area contributed by atoms with Crippen molar-refractivity contribution in [2.24, 2.45) is 0 Å². The van der Waals surface area contributed by atoms with Crippen molar-refractivity contribution in [3.05, 3.63) is 35.9 Å². The average Bonchev–Trinajstić information content (AvgIpc) is 2.26. The van der Waals surface area contributed by atoms with Crippen molar-refractivity contribution >= 4 is 11.9 Å². The third kappa shape index (κ3) is 3.40. The number of aliphatic hydroxyl groups is 1. The van der Waals surface area contributed by atoms with Gasteiger partial charge in [-0.05, 0) is 5.56 Å². The first kappa shape index (κ1) is 11.2. The number of aliphatic hydroxyl groups excluding tert-OH is 1. The van der Waals surface area contributed by atoms with E-state index in [0.29, 0.717) is 0 Å². The largest absolute Gasteiger partial charge is 0.479 e. The van der Waals surface area contributed by atoms with E-state index in [4.69, 9.17) is 10.2 Å². The zero-order valence-corrected chi connectivity index (χ0v) is 7.79. The van der Waals surface area contributed by atoms with Gasteiger partial charge in [-0.15, -0.1) is 0 Å². The number of esters is 1. The third-order valence-electron chi connectivity index (χ3n) is 1.68. The highest BCUT2D eigenvalue weighted by Gasteiger charge is 2.24. The Hall–Kier alpha value is -1.88. The van der Waals surface area contributed by atoms with Gasteiger partial charge in [-0.25, -0.2) is 9.59 Å². The SMILES string of the molecule is O=C(O)C(O)C(=O)OCc1ccccc1. The molecule has 1 aromatic carbocycles. The zero-order chi connectivity index (χ0) is 11.3. The number of hydrogen-bond donors (Lipinski definition) is 2. The van der Waals surface area contributed by atoms with Crippen LogP contribution in [0.5, 0.6) is 0 Å². The van der Waals surface area contributed by atoms with Gasteiger partial charge >= 0.3 is 11.9 Å². The highest BCUT2D eigenvalue weighted by molar-refractivity contribution is 5.96. The Kier molecular flexibility index (Phi) is 3.82. The molecule has 1 rings (SSSR count). The zero-order valence-electron chi connectivity index (χ0n) is 7.79. The van der Waals surface area contributed by atoms with Crippen molar-refractivity contribution in [2.75, 3.05) is 0 Å². The Morgan fingerprint density at radius 3 is 2.40 bits per heavy atom. The molecule has 0 saturated heterocycles. The standard InChI is InChI=1S/C10H10O5/c11-8(9(12)13)10(14)15-6-7-4-2-1-3-5-7/h1-5,8,11H,6H2,(H,12,13). The number of carboxylic acid groups (broad SMARTS) is 1. The molecule has 0 heterocycles. The van der Waals surface area contributed by atoms with Gasteiger partial charge in [-0.3, -0.25) is 0 Å². The van der Waals surface area contributed by atoms with Gasteiger partial charge in [-0.1, -0.05) is 30.3 Å². The highest BCUT2D eigenvalue weighted by Crippen LogP contribution is 2.01. The maximum Gasteiger partial charge on any atom is 0.347 e. The molecule has 0 fully saturated rings. The summed E-state index contributed by atoms with van der Waals surface area (Å²) in [6, 6.07) is 8.77. The predicted molar refractivity (Wildman–Crippen MR) is 49.9 cm³/mol. The molecule has 0 saturated carbocycles. The van der Waals surface area contributed by atoms with Gasteiger partial charge in [0.2, 0.25) is 6.10 Å². The molecule has 0 aliphatic heterocycles. The van der Waals surface area contributed by atoms with Gasteiger partial charge < -0.3 is 14.9 Å². The lowest BCUT2D eigenvalue weighted by atomic mass is 10.2. The average molecular weight is 210 g/mol. The Labute approximate surface area is 85.9 Å². The molecule has 5 nitrogen and oxygen atoms in total. The van der Waals surface area contributed by atoms with E-state index >= 15 is 0 Å². The normalized spacial score (nSPS) is 11.8. The van der Waals surface area contributed by atoms with Gasteiger partial charge in [0.1, 0.15) is 6.61 Å². The van der Waals surface area contributed by atoms with Crippen LogP contribution in [0.2, 0.25) is 0 Å². The van der Waals surface area contributed by atoms with Gasteiger partial charge in [-0.2, -0.15) is 0 Å². The summed E-state index contributed by atoms with van der Waals surface area (Å²) in [5, 5.41) is 17.1. The number of rotatable bonds is 4. The van der Waals surface area contributed by atoms with Crippen molar-refractivity contribution in [1.82, 2.24) is 0 Å². The second-order valence-electron chi connectivity index (χ2n) is 2.83. The lowest BCUT2D eigenvalue weighted by Gasteiger charge is -2.06. The van der Waals surface area contributed by atoms with Gasteiger partial charge in [0.15, 0.2) is 0 Å². The number of carbonyl (C=O) groups is 2. The van der Waals surface area contributed by atoms with E-state index in [1.807, 2.05) is 0 Å². The van der Waals surface area contributed by atoms with E-state index in [9.17, 15) is 9.59 Å². The van der Waals surface area contributed by atoms with Crippen LogP contribution in [0.4, 0.5) is 0 Å². The monoisotopic (exact) mass is 210 g/mol. The molecule has 0 amide bonds. The predicted octanol–water partition coefficient (Wildman–Crippen LogP) is 0.175. The molecular formula is C10H10O5. The van der Waals surface area contributed by atoms with Crippen LogP contribution in [-0.4, -0.2) is 28.3 Å². The molecule has 5 heteroatoms. The number of aliphatic carboxylic acids is 1. The molecule has 15 heavy (non-hydrogen) atoms. The number of carbonyl (C=O) groups excluding carboxylic acids is 1. The lowest BCUT2D eigenvalue weighted by molar-refractivity contribution is -0.166. The smallest absolute Gasteiger partial charge is 0.347 e. The van der Waals surface area contributed by atoms with Crippen LogP contribution < -0.4 is 0 Å². The number of carboxylic acids is 1. The van der Waals surface area contributed by atoms with Crippen LogP contribution in [-0.2, 0) is 20.9 Å². The summed E-state index contributed by atoms with van der Waals surface area (Å²) in [6.45, 7) is -0.0516. The fourth-order valence-electron chi connectivity index (χ4n) is 0.908. The minimum Gasteiger partial charge on any atom is -0.479 e. The van der Waals surface area contributed by atoms with Crippen LogP contribution in [0.3, 0.4) is 0 Å². The molecule has 1 atom stereocenters. The summed E-state index contributed by atoms with van der Waals surface area (Å²) in [5.74, 6) is -2.78. The van der Waals surface area contributed by atoms with Crippen molar-refractivity contribution in [2.45, 2.75) is 12.7 Å². The highest BCUT2D eigenvalue weighted by atomic mass is 16.6. The Morgan fingerprint density at radius 2 is 1.87 bits per heavy atom. The maximum atomic E-state index is 10.9. The fraction of sp³-hybridized carbons (Fsp3) is 0.200. The number of benzene rings is 1. The topological polar surface area (TPSA) is 83.8 Å². The minimum absolute atomic E-state index is 0.0516. The molecule has 0 aliphatic carbocycles. The van der Waals surface area contributed by atoms with Crippen molar-refractivity contribution < 1.29 is 24.5 Å². The van der Waals surface area contributed by atoms with Crippen LogP contribution in [0.1, 0.15) is 5.56 Å². The molecule has 0 bridgehead atoms. The first-order valence-electron chi connectivity index (χ1n) is 4.22. The number of ether oxygens (including phenoxy) is 1. The summed E-state index contributed by atoms with van der Waals surface area (Å²) in [6.07, 6.45) is -2.12. The summed E-state index contributed by atoms with van der Waals surface area (Å²) in [4.78, 5) is 21.1. The molecule has 1 aromatic rings. The van der Waals surface area contributed by atoms with Crippen LogP contribution in [0.25, 0.3) is 0 Å². The Bertz CT molecular complexity index is 346. The fourth-order valence-corrected chi connectivity index (χ4v) is 0.908. The van der Waals surface area contributed by atoms with E-state index < -0.39 is 18.0 Å². The first-order chi connectivity index (χ1) is 7.11. The first-order valence-corrected chi connectivity index (χ1v) is 4.22. The van der Waals surface area contributed by atoms with Crippen LogP contribution in [0, 0.1) is 0 Å². The van der Waals surface area contributed by atoms with Crippen LogP contribution in [0.15, 0.2) is 30.3 Å². The summed E-state index contributed by atoms with van der Waals surface area (Å²) < 4.78 is 4.58. The van der Waals surface area contributed by atoms with E-state index in [-0.39, 0.29) is 6.61 Å². The van der Waals surface area contributed by atoms with Gasteiger partial charge in [0, 0.05) is 0 Å². The molecule has 0 radical (unpaired) electrons. The molecular weight excluding hydrogens is 200 g/mol. The minimum atomic E-state index is -2.12. The summed E-state index contributed by atoms with van der Waals surface area (Å²) in [5.41, 5.74) is 0.725. The summed E-state index contributed by atoms with van der Waals surface area (Å²) in [7, 11) is 0. The van der Waals surface area contributed by atoms with E-state index in [1.165, 1.54) is 0 Å². The second-order valence-corrected chi connectivity index (χ2v) is 2.83. The number of hydrogen-bond acceptors (Lipinski definition) is 4. The van der Waals surface area contributed by atoms with Crippen molar-refractivity contribution in [3.8, 4) is 0 Å². The second kappa shape index (κ2) is 5.11. The van der Waals surface area contributed by atoms with E-state index in [1.54, 1.807) is 30.3 Å². The summed E-state index contributed by atoms with van der Waals surface area (Å²) >= 11 is 0. The molecule has 80 valence electrons. The molecule has 0 aromatic heterocycles. The maximum absolute atomic E-state index is 10.9.